The van der Waals surface area contributed by atoms with Crippen LogP contribution in [0.25, 0.3) is 10.8 Å². The zero-order valence-electron chi connectivity index (χ0n) is 12.3. The van der Waals surface area contributed by atoms with E-state index >= 15 is 0 Å². The Hall–Kier alpha value is -2.33. The van der Waals surface area contributed by atoms with Crippen LogP contribution in [0.2, 0.25) is 0 Å². The first-order valence-electron chi connectivity index (χ1n) is 7.04. The van der Waals surface area contributed by atoms with Crippen LogP contribution in [0.3, 0.4) is 0 Å². The Morgan fingerprint density at radius 1 is 0.864 bits per heavy atom. The smallest absolute Gasteiger partial charge is 0.175 e. The molecule has 3 aromatic rings. The molecule has 0 radical (unpaired) electrons. The van der Waals surface area contributed by atoms with Gasteiger partial charge in [-0.3, -0.25) is 0 Å². The van der Waals surface area contributed by atoms with E-state index in [1.54, 1.807) is 18.2 Å². The Kier molecular flexibility index (Phi) is 3.86. The lowest BCUT2D eigenvalue weighted by molar-refractivity contribution is 0.602. The summed E-state index contributed by atoms with van der Waals surface area (Å²) in [7, 11) is -3.18. The summed E-state index contributed by atoms with van der Waals surface area (Å²) in [4.78, 5) is 0.330. The number of anilines is 1. The molecule has 0 aliphatic rings. The Labute approximate surface area is 130 Å². The molecule has 4 heteroatoms. The molecule has 0 aliphatic carbocycles. The third kappa shape index (κ3) is 3.28. The highest BCUT2D eigenvalue weighted by Gasteiger charge is 2.07. The van der Waals surface area contributed by atoms with Gasteiger partial charge in [0.15, 0.2) is 9.84 Å². The van der Waals surface area contributed by atoms with Crippen LogP contribution < -0.4 is 5.32 Å². The van der Waals surface area contributed by atoms with Crippen LogP contribution in [0.4, 0.5) is 5.69 Å². The van der Waals surface area contributed by atoms with Crippen molar-refractivity contribution in [1.82, 2.24) is 0 Å². The summed E-state index contributed by atoms with van der Waals surface area (Å²) < 4.78 is 23.2. The molecule has 3 aromatic carbocycles. The molecular formula is C18H17NO2S. The van der Waals surface area contributed by atoms with Crippen molar-refractivity contribution >= 4 is 26.3 Å². The van der Waals surface area contributed by atoms with Gasteiger partial charge in [-0.25, -0.2) is 8.42 Å². The summed E-state index contributed by atoms with van der Waals surface area (Å²) in [6.07, 6.45) is 1.22. The summed E-state index contributed by atoms with van der Waals surface area (Å²) >= 11 is 0. The Morgan fingerprint density at radius 3 is 2.41 bits per heavy atom. The maximum atomic E-state index is 11.6. The molecular weight excluding hydrogens is 294 g/mol. The molecule has 112 valence electrons. The Bertz CT molecular complexity index is 917. The molecule has 0 aliphatic heterocycles. The second-order valence-electron chi connectivity index (χ2n) is 5.34. The van der Waals surface area contributed by atoms with Gasteiger partial charge in [-0.2, -0.15) is 0 Å². The highest BCUT2D eigenvalue weighted by molar-refractivity contribution is 7.90. The minimum absolute atomic E-state index is 0.330. The van der Waals surface area contributed by atoms with E-state index in [1.807, 2.05) is 18.2 Å². The summed E-state index contributed by atoms with van der Waals surface area (Å²) in [6.45, 7) is 0.651. The van der Waals surface area contributed by atoms with Gasteiger partial charge in [0.05, 0.1) is 4.90 Å². The second kappa shape index (κ2) is 5.81. The van der Waals surface area contributed by atoms with Gasteiger partial charge in [-0.05, 0) is 40.6 Å². The van der Waals surface area contributed by atoms with Crippen molar-refractivity contribution in [2.75, 3.05) is 11.6 Å². The molecule has 0 bridgehead atoms. The van der Waals surface area contributed by atoms with Gasteiger partial charge in [0.25, 0.3) is 0 Å². The van der Waals surface area contributed by atoms with Gasteiger partial charge >= 0.3 is 0 Å². The SMILES string of the molecule is CS(=O)(=O)c1cccc(NCc2ccc3ccccc3c2)c1. The average molecular weight is 311 g/mol. The lowest BCUT2D eigenvalue weighted by Gasteiger charge is -2.09. The van der Waals surface area contributed by atoms with Crippen LogP contribution in [0.1, 0.15) is 5.56 Å². The maximum Gasteiger partial charge on any atom is 0.175 e. The van der Waals surface area contributed by atoms with E-state index in [1.165, 1.54) is 17.0 Å². The molecule has 0 amide bonds. The maximum absolute atomic E-state index is 11.6. The first-order chi connectivity index (χ1) is 10.5. The average Bonchev–Trinajstić information content (AvgIpc) is 2.52. The molecule has 3 nitrogen and oxygen atoms in total. The van der Waals surface area contributed by atoms with E-state index in [2.05, 4.69) is 35.6 Å². The van der Waals surface area contributed by atoms with Crippen molar-refractivity contribution in [3.05, 3.63) is 72.3 Å². The van der Waals surface area contributed by atoms with Gasteiger partial charge in [-0.15, -0.1) is 0 Å². The number of benzene rings is 3. The molecule has 0 aromatic heterocycles. The van der Waals surface area contributed by atoms with Crippen LogP contribution in [0.15, 0.2) is 71.6 Å². The molecule has 0 fully saturated rings. The fourth-order valence-electron chi connectivity index (χ4n) is 2.39. The molecule has 0 spiro atoms. The van der Waals surface area contributed by atoms with Crippen LogP contribution in [-0.4, -0.2) is 14.7 Å². The highest BCUT2D eigenvalue weighted by Crippen LogP contribution is 2.18. The van der Waals surface area contributed by atoms with Crippen molar-refractivity contribution in [3.63, 3.8) is 0 Å². The van der Waals surface area contributed by atoms with E-state index in [4.69, 9.17) is 0 Å². The first-order valence-corrected chi connectivity index (χ1v) is 8.93. The van der Waals surface area contributed by atoms with Crippen molar-refractivity contribution in [3.8, 4) is 0 Å². The minimum atomic E-state index is -3.18. The molecule has 0 saturated carbocycles. The fourth-order valence-corrected chi connectivity index (χ4v) is 3.06. The molecule has 0 heterocycles. The Morgan fingerprint density at radius 2 is 1.64 bits per heavy atom. The summed E-state index contributed by atoms with van der Waals surface area (Å²) in [6, 6.07) is 21.4. The number of hydrogen-bond acceptors (Lipinski definition) is 3. The third-order valence-electron chi connectivity index (χ3n) is 3.57. The van der Waals surface area contributed by atoms with Crippen molar-refractivity contribution in [1.29, 1.82) is 0 Å². The third-order valence-corrected chi connectivity index (χ3v) is 4.68. The predicted molar refractivity (Wildman–Crippen MR) is 90.8 cm³/mol. The molecule has 22 heavy (non-hydrogen) atoms. The number of nitrogens with one attached hydrogen (secondary N) is 1. The lowest BCUT2D eigenvalue weighted by Crippen LogP contribution is -2.02. The van der Waals surface area contributed by atoms with E-state index in [0.717, 1.165) is 11.3 Å². The van der Waals surface area contributed by atoms with Gasteiger partial charge in [0.1, 0.15) is 0 Å². The fraction of sp³-hybridized carbons (Fsp3) is 0.111. The van der Waals surface area contributed by atoms with Crippen molar-refractivity contribution in [2.24, 2.45) is 0 Å². The molecule has 0 saturated heterocycles. The number of fused-ring (bicyclic) bond motifs is 1. The molecule has 0 unspecified atom stereocenters. The first kappa shape index (κ1) is 14.6. The summed E-state index contributed by atoms with van der Waals surface area (Å²) in [5.41, 5.74) is 1.96. The van der Waals surface area contributed by atoms with Crippen LogP contribution in [0, 0.1) is 0 Å². The van der Waals surface area contributed by atoms with Crippen LogP contribution >= 0.6 is 0 Å². The van der Waals surface area contributed by atoms with Crippen LogP contribution in [-0.2, 0) is 16.4 Å². The van der Waals surface area contributed by atoms with Gasteiger partial charge < -0.3 is 5.32 Å². The standard InChI is InChI=1S/C18H17NO2S/c1-22(20,21)18-8-4-7-17(12-18)19-13-14-9-10-15-5-2-3-6-16(15)11-14/h2-12,19H,13H2,1H3. The van der Waals surface area contributed by atoms with Crippen molar-refractivity contribution < 1.29 is 8.42 Å². The van der Waals surface area contributed by atoms with E-state index in [9.17, 15) is 8.42 Å². The Balaban J connectivity index is 1.79. The largest absolute Gasteiger partial charge is 0.381 e. The van der Waals surface area contributed by atoms with Crippen LogP contribution in [0.5, 0.6) is 0 Å². The number of hydrogen-bond donors (Lipinski definition) is 1. The summed E-state index contributed by atoms with van der Waals surface area (Å²) in [5, 5.41) is 5.69. The van der Waals surface area contributed by atoms with Gasteiger partial charge in [-0.1, -0.05) is 42.5 Å². The second-order valence-corrected chi connectivity index (χ2v) is 7.35. The molecule has 0 atom stereocenters. The lowest BCUT2D eigenvalue weighted by atomic mass is 10.1. The highest BCUT2D eigenvalue weighted by atomic mass is 32.2. The quantitative estimate of drug-likeness (QED) is 0.796. The van der Waals surface area contributed by atoms with E-state index in [-0.39, 0.29) is 0 Å². The normalized spacial score (nSPS) is 11.5. The number of sulfone groups is 1. The zero-order valence-corrected chi connectivity index (χ0v) is 13.1. The summed E-state index contributed by atoms with van der Waals surface area (Å²) in [5.74, 6) is 0. The zero-order chi connectivity index (χ0) is 15.6. The molecule has 1 N–H and O–H groups in total. The molecule has 3 rings (SSSR count). The number of rotatable bonds is 4. The topological polar surface area (TPSA) is 46.2 Å². The minimum Gasteiger partial charge on any atom is -0.381 e. The van der Waals surface area contributed by atoms with E-state index in [0.29, 0.717) is 11.4 Å². The van der Waals surface area contributed by atoms with Gasteiger partial charge in [0.2, 0.25) is 0 Å². The van der Waals surface area contributed by atoms with Crippen molar-refractivity contribution in [2.45, 2.75) is 11.4 Å². The predicted octanol–water partition coefficient (Wildman–Crippen LogP) is 3.86. The van der Waals surface area contributed by atoms with Gasteiger partial charge in [0, 0.05) is 18.5 Å². The monoisotopic (exact) mass is 311 g/mol. The van der Waals surface area contributed by atoms with E-state index < -0.39 is 9.84 Å².